The van der Waals surface area contributed by atoms with Crippen LogP contribution < -0.4 is 5.32 Å². The molecule has 4 nitrogen and oxygen atoms in total. The van der Waals surface area contributed by atoms with Crippen LogP contribution in [-0.4, -0.2) is 18.0 Å². The first-order valence-corrected chi connectivity index (χ1v) is 8.02. The van der Waals surface area contributed by atoms with E-state index in [0.29, 0.717) is 5.69 Å². The summed E-state index contributed by atoms with van der Waals surface area (Å²) in [5.74, 6) is -1.59. The van der Waals surface area contributed by atoms with Crippen molar-refractivity contribution >= 4 is 23.6 Å². The number of carbonyl (C=O) groups excluding carboxylic acids is 2. The van der Waals surface area contributed by atoms with Gasteiger partial charge in [0, 0.05) is 17.3 Å². The number of nitrogens with one attached hydrogen (secondary N) is 1. The van der Waals surface area contributed by atoms with E-state index in [4.69, 9.17) is 4.74 Å². The monoisotopic (exact) mass is 341 g/mol. The summed E-state index contributed by atoms with van der Waals surface area (Å²) in [5.41, 5.74) is 2.07. The van der Waals surface area contributed by atoms with Crippen molar-refractivity contribution in [3.05, 3.63) is 71.6 Å². The minimum atomic E-state index is -0.969. The highest BCUT2D eigenvalue weighted by atomic mass is 19.1. The Morgan fingerprint density at radius 1 is 1.16 bits per heavy atom. The van der Waals surface area contributed by atoms with Crippen molar-refractivity contribution in [3.8, 4) is 0 Å². The van der Waals surface area contributed by atoms with E-state index in [1.807, 2.05) is 19.1 Å². The molecular weight excluding hydrogens is 321 g/mol. The molecule has 0 unspecified atom stereocenters. The number of benzene rings is 2. The number of aryl methyl sites for hydroxylation is 1. The first-order valence-electron chi connectivity index (χ1n) is 8.02. The first kappa shape index (κ1) is 18.4. The van der Waals surface area contributed by atoms with Gasteiger partial charge in [-0.3, -0.25) is 4.79 Å². The highest BCUT2D eigenvalue weighted by molar-refractivity contribution is 5.96. The van der Waals surface area contributed by atoms with Gasteiger partial charge in [-0.25, -0.2) is 9.18 Å². The molecule has 0 aromatic heterocycles. The predicted octanol–water partition coefficient (Wildman–Crippen LogP) is 3.97. The number of hydrogen-bond acceptors (Lipinski definition) is 3. The van der Waals surface area contributed by atoms with Crippen molar-refractivity contribution in [2.45, 2.75) is 26.4 Å². The van der Waals surface area contributed by atoms with E-state index < -0.39 is 23.8 Å². The molecule has 5 heteroatoms. The van der Waals surface area contributed by atoms with Crippen LogP contribution in [0, 0.1) is 5.82 Å². The molecule has 0 fully saturated rings. The van der Waals surface area contributed by atoms with Gasteiger partial charge >= 0.3 is 5.97 Å². The second kappa shape index (κ2) is 8.78. The number of hydrogen-bond donors (Lipinski definition) is 1. The second-order valence-electron chi connectivity index (χ2n) is 5.47. The molecule has 2 aromatic carbocycles. The zero-order valence-electron chi connectivity index (χ0n) is 14.2. The third kappa shape index (κ3) is 5.57. The quantitative estimate of drug-likeness (QED) is 0.639. The fourth-order valence-electron chi connectivity index (χ4n) is 2.10. The molecule has 25 heavy (non-hydrogen) atoms. The van der Waals surface area contributed by atoms with E-state index in [0.717, 1.165) is 18.1 Å². The summed E-state index contributed by atoms with van der Waals surface area (Å²) >= 11 is 0. The van der Waals surface area contributed by atoms with Gasteiger partial charge in [0.05, 0.1) is 0 Å². The molecule has 0 spiro atoms. The van der Waals surface area contributed by atoms with Gasteiger partial charge in [-0.1, -0.05) is 37.3 Å². The standard InChI is InChI=1S/C20H20FNO3/c1-3-15-8-11-17(12-9-15)22-20(24)14(2)25-19(23)13-10-16-6-4-5-7-18(16)21/h4-14H,3H2,1-2H3,(H,22,24)/b13-10+/t14-/m0/s1. The van der Waals surface area contributed by atoms with Gasteiger partial charge in [-0.2, -0.15) is 0 Å². The maximum atomic E-state index is 13.5. The summed E-state index contributed by atoms with van der Waals surface area (Å²) in [6, 6.07) is 13.5. The normalized spacial score (nSPS) is 12.0. The Labute approximate surface area is 146 Å². The molecule has 1 amide bonds. The van der Waals surface area contributed by atoms with Crippen LogP contribution in [0.4, 0.5) is 10.1 Å². The summed E-state index contributed by atoms with van der Waals surface area (Å²) in [6.45, 7) is 3.52. The number of anilines is 1. The minimum absolute atomic E-state index is 0.271. The number of esters is 1. The van der Waals surface area contributed by atoms with Crippen molar-refractivity contribution in [3.63, 3.8) is 0 Å². The van der Waals surface area contributed by atoms with E-state index in [-0.39, 0.29) is 5.56 Å². The molecule has 0 aliphatic heterocycles. The van der Waals surface area contributed by atoms with Crippen LogP contribution in [0.3, 0.4) is 0 Å². The number of carbonyl (C=O) groups is 2. The predicted molar refractivity (Wildman–Crippen MR) is 95.4 cm³/mol. The maximum absolute atomic E-state index is 13.5. The topological polar surface area (TPSA) is 55.4 Å². The Hall–Kier alpha value is -2.95. The van der Waals surface area contributed by atoms with Crippen molar-refractivity contribution in [2.24, 2.45) is 0 Å². The summed E-state index contributed by atoms with van der Waals surface area (Å²) in [6.07, 6.45) is 2.35. The van der Waals surface area contributed by atoms with Gasteiger partial charge in [0.1, 0.15) is 5.82 Å². The van der Waals surface area contributed by atoms with E-state index in [1.54, 1.807) is 24.3 Å². The Kier molecular flexibility index (Phi) is 6.46. The molecule has 0 bridgehead atoms. The van der Waals surface area contributed by atoms with Gasteiger partial charge in [0.25, 0.3) is 5.91 Å². The van der Waals surface area contributed by atoms with Crippen molar-refractivity contribution in [2.75, 3.05) is 5.32 Å². The van der Waals surface area contributed by atoms with E-state index >= 15 is 0 Å². The maximum Gasteiger partial charge on any atom is 0.331 e. The van der Waals surface area contributed by atoms with Crippen molar-refractivity contribution < 1.29 is 18.7 Å². The fraction of sp³-hybridized carbons (Fsp3) is 0.200. The van der Waals surface area contributed by atoms with E-state index in [1.165, 1.54) is 25.1 Å². The zero-order chi connectivity index (χ0) is 18.2. The zero-order valence-corrected chi connectivity index (χ0v) is 14.2. The summed E-state index contributed by atoms with van der Waals surface area (Å²) in [5, 5.41) is 2.68. The Morgan fingerprint density at radius 2 is 1.84 bits per heavy atom. The second-order valence-corrected chi connectivity index (χ2v) is 5.47. The third-order valence-corrected chi connectivity index (χ3v) is 3.60. The van der Waals surface area contributed by atoms with Crippen LogP contribution >= 0.6 is 0 Å². The molecule has 130 valence electrons. The lowest BCUT2D eigenvalue weighted by molar-refractivity contribution is -0.148. The van der Waals surface area contributed by atoms with Crippen LogP contribution in [0.15, 0.2) is 54.6 Å². The molecule has 1 atom stereocenters. The van der Waals surface area contributed by atoms with Crippen molar-refractivity contribution in [1.82, 2.24) is 0 Å². The molecule has 0 aliphatic carbocycles. The lowest BCUT2D eigenvalue weighted by Gasteiger charge is -2.12. The van der Waals surface area contributed by atoms with Gasteiger partial charge in [-0.05, 0) is 43.2 Å². The molecule has 2 rings (SSSR count). The van der Waals surface area contributed by atoms with Crippen molar-refractivity contribution in [1.29, 1.82) is 0 Å². The average molecular weight is 341 g/mol. The number of halogens is 1. The van der Waals surface area contributed by atoms with Crippen LogP contribution in [0.1, 0.15) is 25.0 Å². The summed E-state index contributed by atoms with van der Waals surface area (Å²) in [7, 11) is 0. The van der Waals surface area contributed by atoms with Gasteiger partial charge in [0.2, 0.25) is 0 Å². The van der Waals surface area contributed by atoms with Gasteiger partial charge < -0.3 is 10.1 Å². The largest absolute Gasteiger partial charge is 0.449 e. The van der Waals surface area contributed by atoms with Crippen LogP contribution in [-0.2, 0) is 20.7 Å². The first-order chi connectivity index (χ1) is 12.0. The summed E-state index contributed by atoms with van der Waals surface area (Å²) in [4.78, 5) is 23.8. The Morgan fingerprint density at radius 3 is 2.48 bits per heavy atom. The van der Waals surface area contributed by atoms with E-state index in [2.05, 4.69) is 5.32 Å². The molecule has 2 aromatic rings. The van der Waals surface area contributed by atoms with Crippen LogP contribution in [0.5, 0.6) is 0 Å². The third-order valence-electron chi connectivity index (χ3n) is 3.60. The highest BCUT2D eigenvalue weighted by Gasteiger charge is 2.16. The highest BCUT2D eigenvalue weighted by Crippen LogP contribution is 2.11. The number of rotatable bonds is 6. The molecule has 0 saturated heterocycles. The number of amides is 1. The lowest BCUT2D eigenvalue weighted by Crippen LogP contribution is -2.29. The Balaban J connectivity index is 1.89. The molecular formula is C20H20FNO3. The smallest absolute Gasteiger partial charge is 0.331 e. The van der Waals surface area contributed by atoms with Crippen LogP contribution in [0.2, 0.25) is 0 Å². The van der Waals surface area contributed by atoms with Crippen LogP contribution in [0.25, 0.3) is 6.08 Å². The molecule has 0 heterocycles. The van der Waals surface area contributed by atoms with Gasteiger partial charge in [0.15, 0.2) is 6.10 Å². The molecule has 0 saturated carbocycles. The molecule has 0 radical (unpaired) electrons. The fourth-order valence-corrected chi connectivity index (χ4v) is 2.10. The molecule has 0 aliphatic rings. The number of ether oxygens (including phenoxy) is 1. The Bertz CT molecular complexity index is 769. The van der Waals surface area contributed by atoms with E-state index in [9.17, 15) is 14.0 Å². The summed E-state index contributed by atoms with van der Waals surface area (Å²) < 4.78 is 18.5. The molecule has 1 N–H and O–H groups in total. The lowest BCUT2D eigenvalue weighted by atomic mass is 10.1. The average Bonchev–Trinajstić information content (AvgIpc) is 2.61. The van der Waals surface area contributed by atoms with Gasteiger partial charge in [-0.15, -0.1) is 0 Å². The minimum Gasteiger partial charge on any atom is -0.449 e. The SMILES string of the molecule is CCc1ccc(NC(=O)[C@H](C)OC(=O)/C=C/c2ccccc2F)cc1.